The van der Waals surface area contributed by atoms with E-state index in [0.717, 1.165) is 5.56 Å². The van der Waals surface area contributed by atoms with Crippen LogP contribution in [0, 0.1) is 0 Å². The van der Waals surface area contributed by atoms with E-state index in [1.54, 1.807) is 37.3 Å². The summed E-state index contributed by atoms with van der Waals surface area (Å²) < 4.78 is 16.0. The molecule has 0 saturated carbocycles. The van der Waals surface area contributed by atoms with Crippen molar-refractivity contribution in [1.29, 1.82) is 0 Å². The van der Waals surface area contributed by atoms with Crippen molar-refractivity contribution in [3.05, 3.63) is 77.6 Å². The molecule has 0 radical (unpaired) electrons. The Morgan fingerprint density at radius 2 is 1.74 bits per heavy atom. The number of ether oxygens (including phenoxy) is 2. The summed E-state index contributed by atoms with van der Waals surface area (Å²) in [6.07, 6.45) is 3.00. The predicted octanol–water partition coefficient (Wildman–Crippen LogP) is 3.87. The number of rotatable bonds is 8. The van der Waals surface area contributed by atoms with Gasteiger partial charge in [-0.2, -0.15) is 0 Å². The highest BCUT2D eigenvalue weighted by atomic mass is 16.5. The smallest absolute Gasteiger partial charge is 0.374 e. The van der Waals surface area contributed by atoms with Gasteiger partial charge in [0.25, 0.3) is 0 Å². The molecule has 0 aliphatic rings. The Balaban J connectivity index is 1.64. The second kappa shape index (κ2) is 10.2. The number of furan rings is 1. The van der Waals surface area contributed by atoms with Gasteiger partial charge in [-0.05, 0) is 31.6 Å². The third-order valence-electron chi connectivity index (χ3n) is 4.46. The van der Waals surface area contributed by atoms with Gasteiger partial charge in [-0.3, -0.25) is 4.79 Å². The van der Waals surface area contributed by atoms with Crippen molar-refractivity contribution in [3.8, 4) is 0 Å². The lowest BCUT2D eigenvalue weighted by Gasteiger charge is -2.12. The number of nitrogens with one attached hydrogen (secondary N) is 1. The third-order valence-corrected chi connectivity index (χ3v) is 4.46. The highest BCUT2D eigenvalue weighted by Gasteiger charge is 2.24. The van der Waals surface area contributed by atoms with Crippen molar-refractivity contribution in [2.24, 2.45) is 0 Å². The van der Waals surface area contributed by atoms with E-state index in [0.29, 0.717) is 16.5 Å². The molecule has 1 amide bonds. The molecular formula is C24H23NO6. The number of hydrogen-bond acceptors (Lipinski definition) is 6. The van der Waals surface area contributed by atoms with Gasteiger partial charge in [0, 0.05) is 11.5 Å². The Hall–Kier alpha value is -3.87. The minimum atomic E-state index is -0.878. The third kappa shape index (κ3) is 5.60. The Bertz CT molecular complexity index is 1100. The van der Waals surface area contributed by atoms with Crippen molar-refractivity contribution < 1.29 is 28.3 Å². The first-order valence-corrected chi connectivity index (χ1v) is 9.87. The van der Waals surface area contributed by atoms with Gasteiger partial charge in [0.2, 0.25) is 11.7 Å². The molecule has 0 unspecified atom stereocenters. The largest absolute Gasteiger partial charge is 0.460 e. The van der Waals surface area contributed by atoms with E-state index >= 15 is 0 Å². The van der Waals surface area contributed by atoms with Gasteiger partial charge in [-0.15, -0.1) is 0 Å². The minimum absolute atomic E-state index is 0.00154. The van der Waals surface area contributed by atoms with E-state index in [1.165, 1.54) is 13.0 Å². The van der Waals surface area contributed by atoms with Crippen molar-refractivity contribution in [1.82, 2.24) is 5.32 Å². The fourth-order valence-electron chi connectivity index (χ4n) is 2.93. The van der Waals surface area contributed by atoms with Gasteiger partial charge >= 0.3 is 11.9 Å². The Morgan fingerprint density at radius 3 is 2.48 bits per heavy atom. The summed E-state index contributed by atoms with van der Waals surface area (Å²) in [6, 6.07) is 15.5. The Morgan fingerprint density at radius 1 is 1.03 bits per heavy atom. The summed E-state index contributed by atoms with van der Waals surface area (Å²) in [5.41, 5.74) is 1.78. The maximum absolute atomic E-state index is 12.4. The second-order valence-electron chi connectivity index (χ2n) is 6.71. The van der Waals surface area contributed by atoms with Crippen LogP contribution in [-0.2, 0) is 25.7 Å². The van der Waals surface area contributed by atoms with Crippen LogP contribution in [0.2, 0.25) is 0 Å². The highest BCUT2D eigenvalue weighted by molar-refractivity contribution is 5.96. The molecule has 7 heteroatoms. The van der Waals surface area contributed by atoms with Crippen LogP contribution in [0.25, 0.3) is 17.0 Å². The van der Waals surface area contributed by atoms with Gasteiger partial charge in [0.15, 0.2) is 0 Å². The number of benzene rings is 2. The molecule has 7 nitrogen and oxygen atoms in total. The first-order chi connectivity index (χ1) is 15.0. The standard InChI is InChI=1S/C24H23NO6/c1-3-29-24(28)22-19(18-11-7-8-12-20(18)31-22)15-30-23(27)16(2)25-21(26)14-13-17-9-5-4-6-10-17/h4-14,16H,3,15H2,1-2H3,(H,25,26)/b14-13+/t16-/m0/s1. The van der Waals surface area contributed by atoms with Gasteiger partial charge in [-0.25, -0.2) is 9.59 Å². The molecule has 0 aliphatic carbocycles. The van der Waals surface area contributed by atoms with Gasteiger partial charge in [-0.1, -0.05) is 48.5 Å². The zero-order valence-electron chi connectivity index (χ0n) is 17.3. The molecule has 3 rings (SSSR count). The normalized spacial score (nSPS) is 11.9. The molecule has 0 aliphatic heterocycles. The van der Waals surface area contributed by atoms with E-state index in [1.807, 2.05) is 30.3 Å². The fraction of sp³-hybridized carbons (Fsp3) is 0.208. The molecule has 1 aromatic heterocycles. The van der Waals surface area contributed by atoms with Crippen LogP contribution in [0.5, 0.6) is 0 Å². The van der Waals surface area contributed by atoms with Crippen LogP contribution in [0.4, 0.5) is 0 Å². The number of carbonyl (C=O) groups is 3. The lowest BCUT2D eigenvalue weighted by Crippen LogP contribution is -2.38. The fourth-order valence-corrected chi connectivity index (χ4v) is 2.93. The molecule has 1 atom stereocenters. The van der Waals surface area contributed by atoms with Crippen molar-refractivity contribution in [2.45, 2.75) is 26.5 Å². The summed E-state index contributed by atoms with van der Waals surface area (Å²) in [4.78, 5) is 36.7. The Labute approximate surface area is 179 Å². The van der Waals surface area contributed by atoms with E-state index in [4.69, 9.17) is 13.9 Å². The maximum atomic E-state index is 12.4. The van der Waals surface area contributed by atoms with Crippen LogP contribution in [-0.4, -0.2) is 30.5 Å². The number of carbonyl (C=O) groups excluding carboxylic acids is 3. The molecule has 0 saturated heterocycles. The SMILES string of the molecule is CCOC(=O)c1oc2ccccc2c1COC(=O)[C@H](C)NC(=O)/C=C/c1ccccc1. The summed E-state index contributed by atoms with van der Waals surface area (Å²) in [5.74, 6) is -1.69. The average Bonchev–Trinajstić information content (AvgIpc) is 3.15. The van der Waals surface area contributed by atoms with Crippen molar-refractivity contribution in [3.63, 3.8) is 0 Å². The van der Waals surface area contributed by atoms with Crippen molar-refractivity contribution in [2.75, 3.05) is 6.61 Å². The van der Waals surface area contributed by atoms with Crippen LogP contribution in [0.3, 0.4) is 0 Å². The van der Waals surface area contributed by atoms with E-state index in [9.17, 15) is 14.4 Å². The van der Waals surface area contributed by atoms with E-state index in [2.05, 4.69) is 5.32 Å². The highest BCUT2D eigenvalue weighted by Crippen LogP contribution is 2.27. The molecule has 160 valence electrons. The number of esters is 2. The molecule has 0 spiro atoms. The van der Waals surface area contributed by atoms with Crippen molar-refractivity contribution >= 4 is 34.9 Å². The van der Waals surface area contributed by atoms with E-state index < -0.39 is 23.9 Å². The molecule has 1 heterocycles. The summed E-state index contributed by atoms with van der Waals surface area (Å²) in [5, 5.41) is 3.21. The average molecular weight is 421 g/mol. The maximum Gasteiger partial charge on any atom is 0.374 e. The van der Waals surface area contributed by atoms with E-state index in [-0.39, 0.29) is 19.0 Å². The summed E-state index contributed by atoms with van der Waals surface area (Å²) in [7, 11) is 0. The minimum Gasteiger partial charge on any atom is -0.460 e. The van der Waals surface area contributed by atoms with Crippen LogP contribution in [0.1, 0.15) is 35.5 Å². The quantitative estimate of drug-likeness (QED) is 0.438. The van der Waals surface area contributed by atoms with Gasteiger partial charge in [0.1, 0.15) is 18.2 Å². The molecule has 31 heavy (non-hydrogen) atoms. The lowest BCUT2D eigenvalue weighted by atomic mass is 10.1. The zero-order valence-corrected chi connectivity index (χ0v) is 17.3. The van der Waals surface area contributed by atoms with Gasteiger partial charge in [0.05, 0.1) is 12.2 Å². The topological polar surface area (TPSA) is 94.8 Å². The molecule has 2 aromatic carbocycles. The van der Waals surface area contributed by atoms with Gasteiger partial charge < -0.3 is 19.2 Å². The molecule has 0 bridgehead atoms. The summed E-state index contributed by atoms with van der Waals surface area (Å²) >= 11 is 0. The zero-order chi connectivity index (χ0) is 22.2. The number of fused-ring (bicyclic) bond motifs is 1. The monoisotopic (exact) mass is 421 g/mol. The van der Waals surface area contributed by atoms with Crippen LogP contribution < -0.4 is 5.32 Å². The lowest BCUT2D eigenvalue weighted by molar-refractivity contribution is -0.148. The molecule has 1 N–H and O–H groups in total. The van der Waals surface area contributed by atoms with Crippen LogP contribution in [0.15, 0.2) is 65.1 Å². The predicted molar refractivity (Wildman–Crippen MR) is 115 cm³/mol. The molecule has 3 aromatic rings. The second-order valence-corrected chi connectivity index (χ2v) is 6.71. The first-order valence-electron chi connectivity index (χ1n) is 9.87. The molecule has 0 fully saturated rings. The Kier molecular flexibility index (Phi) is 7.22. The van der Waals surface area contributed by atoms with Crippen LogP contribution >= 0.6 is 0 Å². The number of para-hydroxylation sites is 1. The molecular weight excluding hydrogens is 398 g/mol. The summed E-state index contributed by atoms with van der Waals surface area (Å²) in [6.45, 7) is 3.21. The number of hydrogen-bond donors (Lipinski definition) is 1. The first kappa shape index (κ1) is 21.8. The number of amides is 1.